The van der Waals surface area contributed by atoms with E-state index in [1.807, 2.05) is 79.7 Å². The summed E-state index contributed by atoms with van der Waals surface area (Å²) in [6.45, 7) is 3.78. The van der Waals surface area contributed by atoms with E-state index in [1.54, 1.807) is 7.11 Å². The summed E-state index contributed by atoms with van der Waals surface area (Å²) in [5, 5.41) is 19.0. The van der Waals surface area contributed by atoms with Gasteiger partial charge in [-0.1, -0.05) is 66.2 Å². The number of ether oxygens (including phenoxy) is 1. The van der Waals surface area contributed by atoms with Crippen LogP contribution in [-0.2, 0) is 40.2 Å². The number of hydrogen-bond acceptors (Lipinski definition) is 5. The molecule has 0 aromatic heterocycles. The average Bonchev–Trinajstić information content (AvgIpc) is 3.00. The van der Waals surface area contributed by atoms with Crippen LogP contribution in [0.15, 0.2) is 72.8 Å². The summed E-state index contributed by atoms with van der Waals surface area (Å²) in [4.78, 5) is 40.0. The molecule has 3 amide bonds. The highest BCUT2D eigenvalue weighted by atomic mass is 16.5. The van der Waals surface area contributed by atoms with Gasteiger partial charge in [0.15, 0.2) is 0 Å². The molecule has 42 heavy (non-hydrogen) atoms. The Labute approximate surface area is 247 Å². The third-order valence-corrected chi connectivity index (χ3v) is 7.86. The van der Waals surface area contributed by atoms with Gasteiger partial charge in [-0.25, -0.2) is 0 Å². The van der Waals surface area contributed by atoms with Gasteiger partial charge in [0, 0.05) is 12.5 Å². The first-order chi connectivity index (χ1) is 20.2. The molecule has 0 fully saturated rings. The van der Waals surface area contributed by atoms with Gasteiger partial charge in [-0.2, -0.15) is 0 Å². The minimum absolute atomic E-state index is 0.297. The number of rotatable bonds is 12. The van der Waals surface area contributed by atoms with Gasteiger partial charge >= 0.3 is 0 Å². The van der Waals surface area contributed by atoms with Gasteiger partial charge in [0.2, 0.25) is 17.7 Å². The molecule has 1 unspecified atom stereocenters. The van der Waals surface area contributed by atoms with E-state index in [4.69, 9.17) is 4.74 Å². The maximum absolute atomic E-state index is 13.4. The van der Waals surface area contributed by atoms with Gasteiger partial charge in [0.1, 0.15) is 17.8 Å². The van der Waals surface area contributed by atoms with Crippen molar-refractivity contribution in [1.29, 1.82) is 0 Å². The van der Waals surface area contributed by atoms with Crippen LogP contribution in [-0.4, -0.2) is 48.1 Å². The molecule has 0 aliphatic heterocycles. The number of aliphatic hydroxyl groups is 1. The van der Waals surface area contributed by atoms with Crippen molar-refractivity contribution in [1.82, 2.24) is 16.0 Å². The molecule has 0 saturated carbocycles. The standard InChI is InChI=1S/C34H41N3O5/c1-22-9-11-25(12-10-22)21-35-33(40)30(18-13-24-7-5-4-6-8-24)36-34(41)31(23(2)38)37-32(39)27-15-14-26-16-17-29(42-3)20-28(26)19-27/h4-12,16-17,20,23,27,30-31,38H,13-15,18-19,21H2,1-3H3,(H,35,40)(H,36,41)(H,37,39)/t23-,27?,30+,31+/m1/s1. The highest BCUT2D eigenvalue weighted by Gasteiger charge is 2.33. The summed E-state index contributed by atoms with van der Waals surface area (Å²) in [5.74, 6) is -0.828. The summed E-state index contributed by atoms with van der Waals surface area (Å²) in [7, 11) is 1.61. The lowest BCUT2D eigenvalue weighted by Gasteiger charge is -2.28. The Morgan fingerprint density at radius 3 is 2.36 bits per heavy atom. The summed E-state index contributed by atoms with van der Waals surface area (Å²) in [6, 6.07) is 21.4. The Morgan fingerprint density at radius 1 is 0.929 bits per heavy atom. The van der Waals surface area contributed by atoms with E-state index in [0.29, 0.717) is 32.2 Å². The zero-order valence-corrected chi connectivity index (χ0v) is 24.6. The lowest BCUT2D eigenvalue weighted by molar-refractivity contribution is -0.135. The molecule has 3 aromatic carbocycles. The normalized spacial score (nSPS) is 16.3. The van der Waals surface area contributed by atoms with Crippen LogP contribution in [0.5, 0.6) is 5.75 Å². The monoisotopic (exact) mass is 571 g/mol. The van der Waals surface area contributed by atoms with Gasteiger partial charge in [-0.3, -0.25) is 14.4 Å². The predicted molar refractivity (Wildman–Crippen MR) is 162 cm³/mol. The molecule has 0 heterocycles. The maximum atomic E-state index is 13.4. The second-order valence-corrected chi connectivity index (χ2v) is 11.1. The molecule has 8 nitrogen and oxygen atoms in total. The van der Waals surface area contributed by atoms with Crippen molar-refractivity contribution < 1.29 is 24.2 Å². The first-order valence-corrected chi connectivity index (χ1v) is 14.5. The third kappa shape index (κ3) is 8.42. The van der Waals surface area contributed by atoms with Crippen LogP contribution in [0.1, 0.15) is 47.6 Å². The van der Waals surface area contributed by atoms with Gasteiger partial charge in [-0.15, -0.1) is 0 Å². The van der Waals surface area contributed by atoms with Gasteiger partial charge in [0.05, 0.1) is 13.2 Å². The zero-order valence-electron chi connectivity index (χ0n) is 24.6. The lowest BCUT2D eigenvalue weighted by Crippen LogP contribution is -2.58. The fourth-order valence-corrected chi connectivity index (χ4v) is 5.26. The highest BCUT2D eigenvalue weighted by molar-refractivity contribution is 5.93. The topological polar surface area (TPSA) is 117 Å². The molecule has 0 radical (unpaired) electrons. The van der Waals surface area contributed by atoms with Crippen LogP contribution >= 0.6 is 0 Å². The second kappa shape index (κ2) is 14.6. The van der Waals surface area contributed by atoms with Gasteiger partial charge < -0.3 is 25.8 Å². The first-order valence-electron chi connectivity index (χ1n) is 14.5. The highest BCUT2D eigenvalue weighted by Crippen LogP contribution is 2.29. The Balaban J connectivity index is 1.42. The van der Waals surface area contributed by atoms with Crippen molar-refractivity contribution >= 4 is 17.7 Å². The molecule has 0 saturated heterocycles. The minimum Gasteiger partial charge on any atom is -0.497 e. The van der Waals surface area contributed by atoms with Crippen molar-refractivity contribution in [2.45, 2.75) is 70.7 Å². The average molecular weight is 572 g/mol. The molecule has 0 spiro atoms. The van der Waals surface area contributed by atoms with Crippen molar-refractivity contribution in [2.24, 2.45) is 5.92 Å². The van der Waals surface area contributed by atoms with Crippen LogP contribution in [0.3, 0.4) is 0 Å². The molecule has 4 rings (SSSR count). The lowest BCUT2D eigenvalue weighted by atomic mass is 9.83. The fourth-order valence-electron chi connectivity index (χ4n) is 5.26. The quantitative estimate of drug-likeness (QED) is 0.266. The molecule has 4 N–H and O–H groups in total. The van der Waals surface area contributed by atoms with Crippen LogP contribution in [0, 0.1) is 12.8 Å². The van der Waals surface area contributed by atoms with Crippen LogP contribution in [0.25, 0.3) is 0 Å². The number of aliphatic hydroxyl groups excluding tert-OH is 1. The number of fused-ring (bicyclic) bond motifs is 1. The minimum atomic E-state index is -1.20. The van der Waals surface area contributed by atoms with Crippen LogP contribution in [0.4, 0.5) is 0 Å². The molecule has 0 bridgehead atoms. The zero-order chi connectivity index (χ0) is 30.1. The summed E-state index contributed by atoms with van der Waals surface area (Å²) < 4.78 is 5.34. The van der Waals surface area contributed by atoms with Crippen molar-refractivity contribution in [3.8, 4) is 5.75 Å². The summed E-state index contributed by atoms with van der Waals surface area (Å²) >= 11 is 0. The van der Waals surface area contributed by atoms with Crippen molar-refractivity contribution in [2.75, 3.05) is 7.11 Å². The Hall–Kier alpha value is -4.17. The van der Waals surface area contributed by atoms with Crippen molar-refractivity contribution in [3.05, 3.63) is 101 Å². The first kappa shape index (κ1) is 30.8. The number of nitrogens with one attached hydrogen (secondary N) is 3. The number of aryl methyl sites for hydroxylation is 3. The molecule has 3 aromatic rings. The third-order valence-electron chi connectivity index (χ3n) is 7.86. The largest absolute Gasteiger partial charge is 0.497 e. The second-order valence-electron chi connectivity index (χ2n) is 11.1. The van der Waals surface area contributed by atoms with Crippen molar-refractivity contribution in [3.63, 3.8) is 0 Å². The molecule has 4 atom stereocenters. The summed E-state index contributed by atoms with van der Waals surface area (Å²) in [5.41, 5.74) is 5.34. The number of carbonyl (C=O) groups is 3. The molecule has 222 valence electrons. The Kier molecular flexibility index (Phi) is 10.7. The van der Waals surface area contributed by atoms with E-state index in [0.717, 1.165) is 34.4 Å². The fraction of sp³-hybridized carbons (Fsp3) is 0.382. The van der Waals surface area contributed by atoms with Gasteiger partial charge in [0.25, 0.3) is 0 Å². The van der Waals surface area contributed by atoms with E-state index >= 15 is 0 Å². The molecule has 1 aliphatic rings. The Bertz CT molecular complexity index is 1360. The molecule has 1 aliphatic carbocycles. The Morgan fingerprint density at radius 2 is 1.67 bits per heavy atom. The van der Waals surface area contributed by atoms with E-state index in [-0.39, 0.29) is 17.7 Å². The van der Waals surface area contributed by atoms with E-state index in [9.17, 15) is 19.5 Å². The van der Waals surface area contributed by atoms with E-state index in [1.165, 1.54) is 12.5 Å². The predicted octanol–water partition coefficient (Wildman–Crippen LogP) is 3.41. The maximum Gasteiger partial charge on any atom is 0.245 e. The van der Waals surface area contributed by atoms with Crippen LogP contribution in [0.2, 0.25) is 0 Å². The molecule has 8 heteroatoms. The molecular formula is C34H41N3O5. The van der Waals surface area contributed by atoms with Gasteiger partial charge in [-0.05, 0) is 80.3 Å². The number of amides is 3. The smallest absolute Gasteiger partial charge is 0.245 e. The number of methoxy groups -OCH3 is 1. The van der Waals surface area contributed by atoms with E-state index < -0.39 is 24.1 Å². The van der Waals surface area contributed by atoms with Crippen LogP contribution < -0.4 is 20.7 Å². The number of carbonyl (C=O) groups excluding carboxylic acids is 3. The number of benzene rings is 3. The molecular weight excluding hydrogens is 530 g/mol. The summed E-state index contributed by atoms with van der Waals surface area (Å²) in [6.07, 6.45) is 1.67. The SMILES string of the molecule is COc1ccc2c(c1)CC(C(=O)N[C@H](C(=O)N[C@@H](CCc1ccccc1)C(=O)NCc1ccc(C)cc1)[C@@H](C)O)CC2. The van der Waals surface area contributed by atoms with E-state index in [2.05, 4.69) is 16.0 Å². The number of hydrogen-bond donors (Lipinski definition) is 4.